The van der Waals surface area contributed by atoms with Crippen molar-refractivity contribution in [3.8, 4) is 0 Å². The molecular weight excluding hydrogens is 228 g/mol. The normalized spacial score (nSPS) is 12.9. The van der Waals surface area contributed by atoms with Crippen LogP contribution in [0.15, 0.2) is 5.38 Å². The van der Waals surface area contributed by atoms with Crippen LogP contribution in [0, 0.1) is 0 Å². The summed E-state index contributed by atoms with van der Waals surface area (Å²) in [6, 6.07) is 0. The van der Waals surface area contributed by atoms with Crippen LogP contribution in [0.3, 0.4) is 0 Å². The van der Waals surface area contributed by atoms with Gasteiger partial charge in [0, 0.05) is 34.7 Å². The Morgan fingerprint density at radius 2 is 2.40 bits per heavy atom. The van der Waals surface area contributed by atoms with E-state index >= 15 is 0 Å². The van der Waals surface area contributed by atoms with Crippen molar-refractivity contribution in [3.05, 3.63) is 16.1 Å². The maximum Gasteiger partial charge on any atom is 0.0926 e. The van der Waals surface area contributed by atoms with Gasteiger partial charge in [-0.3, -0.25) is 4.21 Å². The summed E-state index contributed by atoms with van der Waals surface area (Å²) in [5.41, 5.74) is 1.12. The average Bonchev–Trinajstić information content (AvgIpc) is 2.65. The molecule has 5 heteroatoms. The Bertz CT molecular complexity index is 312. The molecule has 0 saturated heterocycles. The van der Waals surface area contributed by atoms with Crippen molar-refractivity contribution in [1.29, 1.82) is 0 Å². The van der Waals surface area contributed by atoms with Gasteiger partial charge < -0.3 is 5.32 Å². The third-order valence-corrected chi connectivity index (χ3v) is 3.90. The molecule has 86 valence electrons. The summed E-state index contributed by atoms with van der Waals surface area (Å²) in [6.45, 7) is 3.86. The van der Waals surface area contributed by atoms with E-state index < -0.39 is 10.8 Å². The summed E-state index contributed by atoms with van der Waals surface area (Å²) in [7, 11) is -0.664. The third-order valence-electron chi connectivity index (χ3n) is 1.99. The second-order valence-corrected chi connectivity index (χ2v) is 5.89. The lowest BCUT2D eigenvalue weighted by Crippen LogP contribution is -2.16. The fourth-order valence-electron chi connectivity index (χ4n) is 1.21. The van der Waals surface area contributed by atoms with Gasteiger partial charge in [0.05, 0.1) is 10.7 Å². The Balaban J connectivity index is 2.12. The molecule has 0 bridgehead atoms. The zero-order chi connectivity index (χ0) is 11.1. The molecule has 0 aliphatic carbocycles. The molecule has 0 spiro atoms. The van der Waals surface area contributed by atoms with Gasteiger partial charge in [-0.15, -0.1) is 11.3 Å². The van der Waals surface area contributed by atoms with Gasteiger partial charge in [-0.2, -0.15) is 0 Å². The molecule has 1 heterocycles. The van der Waals surface area contributed by atoms with Crippen LogP contribution in [0.2, 0.25) is 0 Å². The van der Waals surface area contributed by atoms with Gasteiger partial charge in [-0.05, 0) is 19.4 Å². The Morgan fingerprint density at radius 3 is 3.00 bits per heavy atom. The first-order valence-corrected chi connectivity index (χ1v) is 7.77. The number of nitrogens with zero attached hydrogens (tertiary/aromatic N) is 1. The highest BCUT2D eigenvalue weighted by Crippen LogP contribution is 2.09. The smallest absolute Gasteiger partial charge is 0.0926 e. The minimum Gasteiger partial charge on any atom is -0.311 e. The lowest BCUT2D eigenvalue weighted by molar-refractivity contribution is 0.656. The summed E-state index contributed by atoms with van der Waals surface area (Å²) >= 11 is 1.72. The molecular formula is C10H18N2OS2. The maximum atomic E-state index is 10.8. The summed E-state index contributed by atoms with van der Waals surface area (Å²) < 4.78 is 10.8. The lowest BCUT2D eigenvalue weighted by Gasteiger charge is -2.00. The molecule has 1 N–H and O–H groups in total. The van der Waals surface area contributed by atoms with E-state index in [2.05, 4.69) is 22.6 Å². The zero-order valence-corrected chi connectivity index (χ0v) is 10.9. The van der Waals surface area contributed by atoms with E-state index in [4.69, 9.17) is 0 Å². The van der Waals surface area contributed by atoms with Gasteiger partial charge >= 0.3 is 0 Å². The molecule has 15 heavy (non-hydrogen) atoms. The van der Waals surface area contributed by atoms with Crippen molar-refractivity contribution in [2.24, 2.45) is 0 Å². The Morgan fingerprint density at radius 1 is 1.60 bits per heavy atom. The van der Waals surface area contributed by atoms with Crippen LogP contribution in [0.1, 0.15) is 24.0 Å². The number of aryl methyl sites for hydroxylation is 1. The molecule has 0 fully saturated rings. The molecule has 1 aromatic rings. The lowest BCUT2D eigenvalue weighted by atomic mass is 10.4. The van der Waals surface area contributed by atoms with Crippen LogP contribution < -0.4 is 5.32 Å². The number of hydrogen-bond acceptors (Lipinski definition) is 4. The van der Waals surface area contributed by atoms with Crippen LogP contribution in [-0.4, -0.2) is 27.7 Å². The summed E-state index contributed by atoms with van der Waals surface area (Å²) in [5.74, 6) is 0.782. The molecule has 0 aliphatic rings. The summed E-state index contributed by atoms with van der Waals surface area (Å²) in [6.07, 6.45) is 3.72. The van der Waals surface area contributed by atoms with Crippen molar-refractivity contribution in [1.82, 2.24) is 10.3 Å². The highest BCUT2D eigenvalue weighted by Gasteiger charge is 1.99. The highest BCUT2D eigenvalue weighted by molar-refractivity contribution is 7.84. The summed E-state index contributed by atoms with van der Waals surface area (Å²) in [5, 5.41) is 6.60. The summed E-state index contributed by atoms with van der Waals surface area (Å²) in [4.78, 5) is 4.46. The topological polar surface area (TPSA) is 42.0 Å². The van der Waals surface area contributed by atoms with Gasteiger partial charge in [0.15, 0.2) is 0 Å². The largest absolute Gasteiger partial charge is 0.311 e. The average molecular weight is 246 g/mol. The molecule has 3 nitrogen and oxygen atoms in total. The van der Waals surface area contributed by atoms with Crippen molar-refractivity contribution < 1.29 is 4.21 Å². The molecule has 0 saturated carbocycles. The predicted molar refractivity (Wildman–Crippen MR) is 66.7 cm³/mol. The second-order valence-electron chi connectivity index (χ2n) is 3.39. The number of hydrogen-bond donors (Lipinski definition) is 1. The van der Waals surface area contributed by atoms with E-state index in [1.165, 1.54) is 5.01 Å². The van der Waals surface area contributed by atoms with E-state index in [0.29, 0.717) is 0 Å². The van der Waals surface area contributed by atoms with Gasteiger partial charge in [-0.1, -0.05) is 6.92 Å². The highest BCUT2D eigenvalue weighted by atomic mass is 32.2. The first-order chi connectivity index (χ1) is 7.22. The van der Waals surface area contributed by atoms with E-state index in [1.54, 1.807) is 17.6 Å². The fraction of sp³-hybridized carbons (Fsp3) is 0.700. The Kier molecular flexibility index (Phi) is 6.05. The standard InChI is InChI=1S/C10H18N2OS2/c1-3-10-12-9(8-14-10)7-11-5-4-6-15(2)13/h8,11H,3-7H2,1-2H3. The molecule has 1 rings (SSSR count). The van der Waals surface area contributed by atoms with Crippen LogP contribution in [-0.2, 0) is 23.8 Å². The van der Waals surface area contributed by atoms with Crippen molar-refractivity contribution in [3.63, 3.8) is 0 Å². The van der Waals surface area contributed by atoms with Crippen LogP contribution in [0.25, 0.3) is 0 Å². The molecule has 1 unspecified atom stereocenters. The first-order valence-electron chi connectivity index (χ1n) is 5.16. The predicted octanol–water partition coefficient (Wildman–Crippen LogP) is 1.56. The molecule has 0 aromatic carbocycles. The number of thiazole rings is 1. The first kappa shape index (κ1) is 12.8. The van der Waals surface area contributed by atoms with Gasteiger partial charge in [-0.25, -0.2) is 4.98 Å². The van der Waals surface area contributed by atoms with Crippen molar-refractivity contribution in [2.75, 3.05) is 18.6 Å². The zero-order valence-electron chi connectivity index (χ0n) is 9.28. The number of aromatic nitrogens is 1. The van der Waals surface area contributed by atoms with Gasteiger partial charge in [0.25, 0.3) is 0 Å². The second kappa shape index (κ2) is 7.09. The maximum absolute atomic E-state index is 10.8. The van der Waals surface area contributed by atoms with Crippen molar-refractivity contribution >= 4 is 22.1 Å². The van der Waals surface area contributed by atoms with E-state index in [1.807, 2.05) is 0 Å². The van der Waals surface area contributed by atoms with Crippen LogP contribution >= 0.6 is 11.3 Å². The Hall–Kier alpha value is -0.260. The minimum atomic E-state index is -0.664. The minimum absolute atomic E-state index is 0.664. The Labute approximate surface area is 97.8 Å². The molecule has 0 amide bonds. The molecule has 1 atom stereocenters. The van der Waals surface area contributed by atoms with E-state index in [0.717, 1.165) is 37.4 Å². The van der Waals surface area contributed by atoms with Crippen molar-refractivity contribution in [2.45, 2.75) is 26.3 Å². The number of nitrogens with one attached hydrogen (secondary N) is 1. The van der Waals surface area contributed by atoms with E-state index in [-0.39, 0.29) is 0 Å². The van der Waals surface area contributed by atoms with Gasteiger partial charge in [0.1, 0.15) is 0 Å². The van der Waals surface area contributed by atoms with Crippen LogP contribution in [0.5, 0.6) is 0 Å². The fourth-order valence-corrected chi connectivity index (χ4v) is 2.50. The van der Waals surface area contributed by atoms with E-state index in [9.17, 15) is 4.21 Å². The number of rotatable bonds is 7. The third kappa shape index (κ3) is 5.39. The molecule has 0 aliphatic heterocycles. The molecule has 0 radical (unpaired) electrons. The van der Waals surface area contributed by atoms with Gasteiger partial charge in [0.2, 0.25) is 0 Å². The van der Waals surface area contributed by atoms with Crippen LogP contribution in [0.4, 0.5) is 0 Å². The molecule has 1 aromatic heterocycles. The monoisotopic (exact) mass is 246 g/mol. The SMILES string of the molecule is CCc1nc(CNCCCS(C)=O)cs1. The quantitative estimate of drug-likeness (QED) is 0.743.